The molecule has 3 N–H and O–H groups in total. The maximum absolute atomic E-state index is 11.6. The molecule has 1 aliphatic carbocycles. The van der Waals surface area contributed by atoms with Crippen molar-refractivity contribution in [2.24, 2.45) is 5.92 Å². The smallest absolute Gasteiger partial charge is 0.233 e. The van der Waals surface area contributed by atoms with Crippen LogP contribution < -0.4 is 10.6 Å². The van der Waals surface area contributed by atoms with Crippen LogP contribution in [0.3, 0.4) is 0 Å². The average molecular weight is 336 g/mol. The molecule has 1 heterocycles. The van der Waals surface area contributed by atoms with Gasteiger partial charge in [0, 0.05) is 37.0 Å². The van der Waals surface area contributed by atoms with Crippen LogP contribution in [0.25, 0.3) is 0 Å². The Balaban J connectivity index is 0.00000200. The van der Waals surface area contributed by atoms with Gasteiger partial charge in [-0.05, 0) is 31.4 Å². The summed E-state index contributed by atoms with van der Waals surface area (Å²) >= 11 is 0. The van der Waals surface area contributed by atoms with Crippen LogP contribution in [0, 0.1) is 5.92 Å². The Kier molecular flexibility index (Phi) is 10.3. The van der Waals surface area contributed by atoms with E-state index < -0.39 is 0 Å². The zero-order valence-electron chi connectivity index (χ0n) is 11.8. The lowest BCUT2D eigenvalue weighted by Crippen LogP contribution is -2.38. The summed E-state index contributed by atoms with van der Waals surface area (Å²) < 4.78 is 0. The predicted octanol–water partition coefficient (Wildman–Crippen LogP) is 0.944. The number of rotatable bonds is 8. The summed E-state index contributed by atoms with van der Waals surface area (Å²) in [5.41, 5.74) is 0.937. The number of nitrogens with zero attached hydrogens (tertiary/aromatic N) is 1. The van der Waals surface area contributed by atoms with Crippen molar-refractivity contribution < 1.29 is 9.90 Å². The second kappa shape index (κ2) is 10.8. The summed E-state index contributed by atoms with van der Waals surface area (Å²) in [6.45, 7) is 0.900. The largest absolute Gasteiger partial charge is 0.396 e. The first-order valence-electron chi connectivity index (χ1n) is 6.78. The van der Waals surface area contributed by atoms with Crippen molar-refractivity contribution in [3.05, 3.63) is 30.1 Å². The summed E-state index contributed by atoms with van der Waals surface area (Å²) in [6, 6.07) is 6.25. The molecule has 1 amide bonds. The van der Waals surface area contributed by atoms with Crippen LogP contribution in [-0.4, -0.2) is 41.7 Å². The van der Waals surface area contributed by atoms with Crippen molar-refractivity contribution in [2.45, 2.75) is 25.3 Å². The highest BCUT2D eigenvalue weighted by Gasteiger charge is 2.21. The number of hydrogen-bond donors (Lipinski definition) is 3. The number of aromatic nitrogens is 1. The number of carbonyl (C=O) groups is 1. The molecule has 0 aliphatic heterocycles. The minimum atomic E-state index is -0.00799. The summed E-state index contributed by atoms with van der Waals surface area (Å²) in [5, 5.41) is 15.3. The average Bonchev–Trinajstić information content (AvgIpc) is 3.26. The van der Waals surface area contributed by atoms with Crippen LogP contribution in [0.1, 0.15) is 18.5 Å². The van der Waals surface area contributed by atoms with Gasteiger partial charge < -0.3 is 15.7 Å². The fourth-order valence-corrected chi connectivity index (χ4v) is 1.86. The molecule has 0 spiro atoms. The van der Waals surface area contributed by atoms with Gasteiger partial charge in [-0.3, -0.25) is 9.78 Å². The number of hydrogen-bond acceptors (Lipinski definition) is 4. The van der Waals surface area contributed by atoms with Crippen LogP contribution in [0.4, 0.5) is 0 Å². The van der Waals surface area contributed by atoms with E-state index in [1.54, 1.807) is 6.20 Å². The maximum Gasteiger partial charge on any atom is 0.233 e. The first kappa shape index (κ1) is 20.1. The highest BCUT2D eigenvalue weighted by atomic mass is 35.5. The Morgan fingerprint density at radius 1 is 1.38 bits per heavy atom. The molecule has 1 aliphatic rings. The van der Waals surface area contributed by atoms with E-state index in [-0.39, 0.29) is 43.2 Å². The van der Waals surface area contributed by atoms with Gasteiger partial charge in [0.05, 0.1) is 6.54 Å². The summed E-state index contributed by atoms with van der Waals surface area (Å²) in [7, 11) is 0. The van der Waals surface area contributed by atoms with E-state index in [1.165, 1.54) is 12.8 Å². The monoisotopic (exact) mass is 335 g/mol. The minimum absolute atomic E-state index is 0. The van der Waals surface area contributed by atoms with Gasteiger partial charge in [0.1, 0.15) is 0 Å². The van der Waals surface area contributed by atoms with Crippen molar-refractivity contribution in [2.75, 3.05) is 19.7 Å². The minimum Gasteiger partial charge on any atom is -0.396 e. The van der Waals surface area contributed by atoms with Gasteiger partial charge in [0.2, 0.25) is 5.91 Å². The molecule has 1 atom stereocenters. The number of pyridine rings is 1. The van der Waals surface area contributed by atoms with Crippen molar-refractivity contribution >= 4 is 30.7 Å². The lowest BCUT2D eigenvalue weighted by atomic mass is 10.0. The molecule has 0 bridgehead atoms. The third-order valence-corrected chi connectivity index (χ3v) is 3.20. The van der Waals surface area contributed by atoms with Gasteiger partial charge in [0.25, 0.3) is 0 Å². The number of aliphatic hydroxyl groups is 1. The zero-order valence-corrected chi connectivity index (χ0v) is 13.5. The van der Waals surface area contributed by atoms with E-state index in [0.29, 0.717) is 25.6 Å². The standard InChI is InChI=1S/C14H21N3O2.2ClH/c18-10-11(7-13-3-1-2-6-15-13)8-17-14(19)9-16-12-4-5-12;;/h1-3,6,11-12,16,18H,4-5,7-10H2,(H,17,19);2*1H. The van der Waals surface area contributed by atoms with Crippen molar-refractivity contribution in [3.8, 4) is 0 Å². The topological polar surface area (TPSA) is 74.2 Å². The Bertz CT molecular complexity index is 402. The van der Waals surface area contributed by atoms with Gasteiger partial charge in [-0.2, -0.15) is 0 Å². The van der Waals surface area contributed by atoms with Gasteiger partial charge >= 0.3 is 0 Å². The normalized spacial score (nSPS) is 14.5. The van der Waals surface area contributed by atoms with Gasteiger partial charge in [-0.1, -0.05) is 6.07 Å². The van der Waals surface area contributed by atoms with E-state index in [4.69, 9.17) is 0 Å². The first-order chi connectivity index (χ1) is 9.28. The summed E-state index contributed by atoms with van der Waals surface area (Å²) in [6.07, 6.45) is 4.76. The van der Waals surface area contributed by atoms with Gasteiger partial charge in [-0.15, -0.1) is 24.8 Å². The van der Waals surface area contributed by atoms with Gasteiger partial charge in [-0.25, -0.2) is 0 Å². The molecule has 120 valence electrons. The zero-order chi connectivity index (χ0) is 13.5. The number of nitrogens with one attached hydrogen (secondary N) is 2. The Labute approximate surface area is 137 Å². The van der Waals surface area contributed by atoms with Crippen molar-refractivity contribution in [1.82, 2.24) is 15.6 Å². The summed E-state index contributed by atoms with van der Waals surface area (Å²) in [5.74, 6) is 0.00569. The fraction of sp³-hybridized carbons (Fsp3) is 0.571. The van der Waals surface area contributed by atoms with Crippen molar-refractivity contribution in [1.29, 1.82) is 0 Å². The summed E-state index contributed by atoms with van der Waals surface area (Å²) in [4.78, 5) is 15.8. The molecule has 0 radical (unpaired) electrons. The Hall–Kier alpha value is -0.880. The van der Waals surface area contributed by atoms with Crippen LogP contribution in [0.15, 0.2) is 24.4 Å². The maximum atomic E-state index is 11.6. The lowest BCUT2D eigenvalue weighted by Gasteiger charge is -2.14. The second-order valence-corrected chi connectivity index (χ2v) is 5.03. The molecule has 21 heavy (non-hydrogen) atoms. The molecule has 1 fully saturated rings. The fourth-order valence-electron chi connectivity index (χ4n) is 1.86. The Morgan fingerprint density at radius 3 is 2.71 bits per heavy atom. The molecule has 1 aromatic rings. The van der Waals surface area contributed by atoms with E-state index in [2.05, 4.69) is 15.6 Å². The third-order valence-electron chi connectivity index (χ3n) is 3.20. The molecule has 2 rings (SSSR count). The number of aliphatic hydroxyl groups excluding tert-OH is 1. The highest BCUT2D eigenvalue weighted by molar-refractivity contribution is 5.85. The van der Waals surface area contributed by atoms with E-state index in [9.17, 15) is 9.90 Å². The molecule has 5 nitrogen and oxygen atoms in total. The quantitative estimate of drug-likeness (QED) is 0.661. The van der Waals surface area contributed by atoms with E-state index in [0.717, 1.165) is 5.69 Å². The number of amides is 1. The molecule has 7 heteroatoms. The molecule has 1 saturated carbocycles. The first-order valence-corrected chi connectivity index (χ1v) is 6.78. The molecule has 0 saturated heterocycles. The molecule has 0 aromatic carbocycles. The predicted molar refractivity (Wildman–Crippen MR) is 87.0 cm³/mol. The van der Waals surface area contributed by atoms with E-state index in [1.807, 2.05) is 18.2 Å². The van der Waals surface area contributed by atoms with Crippen molar-refractivity contribution in [3.63, 3.8) is 0 Å². The molecule has 1 unspecified atom stereocenters. The third kappa shape index (κ3) is 8.21. The van der Waals surface area contributed by atoms with Crippen LogP contribution in [0.5, 0.6) is 0 Å². The SMILES string of the molecule is Cl.Cl.O=C(CNC1CC1)NCC(CO)Cc1ccccn1. The van der Waals surface area contributed by atoms with Gasteiger partial charge in [0.15, 0.2) is 0 Å². The molecular weight excluding hydrogens is 313 g/mol. The van der Waals surface area contributed by atoms with Crippen LogP contribution >= 0.6 is 24.8 Å². The Morgan fingerprint density at radius 2 is 2.14 bits per heavy atom. The lowest BCUT2D eigenvalue weighted by molar-refractivity contribution is -0.120. The molecule has 1 aromatic heterocycles. The van der Waals surface area contributed by atoms with E-state index >= 15 is 0 Å². The second-order valence-electron chi connectivity index (χ2n) is 5.03. The number of carbonyl (C=O) groups excluding carboxylic acids is 1. The highest BCUT2D eigenvalue weighted by Crippen LogP contribution is 2.17. The van der Waals surface area contributed by atoms with Crippen LogP contribution in [0.2, 0.25) is 0 Å². The number of halogens is 2. The van der Waals surface area contributed by atoms with Crippen LogP contribution in [-0.2, 0) is 11.2 Å². The molecular formula is C14H23Cl2N3O2.